The van der Waals surface area contributed by atoms with E-state index in [1.807, 2.05) is 30.6 Å². The van der Waals surface area contributed by atoms with Crippen molar-refractivity contribution in [1.82, 2.24) is 19.5 Å². The molecule has 0 saturated heterocycles. The van der Waals surface area contributed by atoms with Crippen LogP contribution in [-0.4, -0.2) is 40.7 Å². The van der Waals surface area contributed by atoms with Crippen molar-refractivity contribution >= 4 is 22.9 Å². The topological polar surface area (TPSA) is 68.1 Å². The lowest BCUT2D eigenvalue weighted by Gasteiger charge is -2.12. The Morgan fingerprint density at radius 1 is 1.38 bits per heavy atom. The number of imidazole rings is 1. The number of aryl methyl sites for hydroxylation is 1. The van der Waals surface area contributed by atoms with Gasteiger partial charge in [0.2, 0.25) is 5.95 Å². The van der Waals surface area contributed by atoms with Crippen LogP contribution in [0.3, 0.4) is 0 Å². The fourth-order valence-corrected chi connectivity index (χ4v) is 1.36. The zero-order valence-corrected chi connectivity index (χ0v) is 9.72. The predicted octanol–water partition coefficient (Wildman–Crippen LogP) is 0.403. The molecule has 0 aliphatic rings. The maximum absolute atomic E-state index is 4.87. The maximum Gasteiger partial charge on any atom is 0.228 e. The molecule has 7 nitrogen and oxygen atoms in total. The molecule has 16 heavy (non-hydrogen) atoms. The van der Waals surface area contributed by atoms with Crippen LogP contribution in [0.4, 0.5) is 11.8 Å². The highest BCUT2D eigenvalue weighted by Gasteiger charge is 2.12. The summed E-state index contributed by atoms with van der Waals surface area (Å²) in [5.41, 5.74) is 4.16. The number of rotatable bonds is 3. The van der Waals surface area contributed by atoms with Crippen LogP contribution in [0.25, 0.3) is 11.2 Å². The third-order valence-corrected chi connectivity index (χ3v) is 2.15. The molecular weight excluding hydrogens is 208 g/mol. The summed E-state index contributed by atoms with van der Waals surface area (Å²) in [6.07, 6.45) is 1.69. The van der Waals surface area contributed by atoms with E-state index < -0.39 is 0 Å². The molecule has 2 aromatic heterocycles. The molecule has 2 heterocycles. The fraction of sp³-hybridized carbons (Fsp3) is 0.444. The molecule has 0 spiro atoms. The van der Waals surface area contributed by atoms with Crippen LogP contribution in [-0.2, 0) is 11.9 Å². The summed E-state index contributed by atoms with van der Waals surface area (Å²) in [5.74, 6) is 1.17. The Kier molecular flexibility index (Phi) is 2.61. The average molecular weight is 222 g/mol. The van der Waals surface area contributed by atoms with E-state index in [1.165, 1.54) is 7.11 Å². The second-order valence-electron chi connectivity index (χ2n) is 3.60. The SMILES string of the molecule is CONc1nc(N(C)C)nc2c1ncn2C. The number of aromatic nitrogens is 4. The van der Waals surface area contributed by atoms with Gasteiger partial charge in [0, 0.05) is 21.1 Å². The molecule has 0 aromatic carbocycles. The van der Waals surface area contributed by atoms with Crippen molar-refractivity contribution in [3.8, 4) is 0 Å². The van der Waals surface area contributed by atoms with E-state index in [0.29, 0.717) is 17.3 Å². The fourth-order valence-electron chi connectivity index (χ4n) is 1.36. The van der Waals surface area contributed by atoms with Crippen LogP contribution in [0.2, 0.25) is 0 Å². The lowest BCUT2D eigenvalue weighted by molar-refractivity contribution is 0.269. The highest BCUT2D eigenvalue weighted by Crippen LogP contribution is 2.20. The molecule has 7 heteroatoms. The molecule has 86 valence electrons. The predicted molar refractivity (Wildman–Crippen MR) is 61.3 cm³/mol. The molecule has 0 atom stereocenters. The molecule has 0 aliphatic heterocycles. The Hall–Kier alpha value is -1.89. The lowest BCUT2D eigenvalue weighted by atomic mass is 10.5. The zero-order valence-electron chi connectivity index (χ0n) is 9.72. The summed E-state index contributed by atoms with van der Waals surface area (Å²) in [4.78, 5) is 19.6. The van der Waals surface area contributed by atoms with Crippen molar-refractivity contribution < 1.29 is 4.84 Å². The summed E-state index contributed by atoms with van der Waals surface area (Å²) in [7, 11) is 7.19. The van der Waals surface area contributed by atoms with E-state index in [4.69, 9.17) is 4.84 Å². The summed E-state index contributed by atoms with van der Waals surface area (Å²) in [6.45, 7) is 0. The monoisotopic (exact) mass is 222 g/mol. The van der Waals surface area contributed by atoms with E-state index in [0.717, 1.165) is 5.65 Å². The largest absolute Gasteiger partial charge is 0.347 e. The molecule has 2 rings (SSSR count). The van der Waals surface area contributed by atoms with E-state index >= 15 is 0 Å². The molecule has 1 N–H and O–H groups in total. The van der Waals surface area contributed by atoms with Crippen LogP contribution >= 0.6 is 0 Å². The van der Waals surface area contributed by atoms with Crippen molar-refractivity contribution in [2.24, 2.45) is 7.05 Å². The van der Waals surface area contributed by atoms with Crippen molar-refractivity contribution in [2.45, 2.75) is 0 Å². The molecule has 2 aromatic rings. The minimum absolute atomic E-state index is 0.566. The number of hydrogen-bond donors (Lipinski definition) is 1. The van der Waals surface area contributed by atoms with Crippen LogP contribution in [0, 0.1) is 0 Å². The molecule has 0 amide bonds. The number of anilines is 2. The Morgan fingerprint density at radius 3 is 2.75 bits per heavy atom. The number of nitrogens with zero attached hydrogens (tertiary/aromatic N) is 5. The molecular formula is C9H14N6O. The van der Waals surface area contributed by atoms with Crippen LogP contribution in [0.5, 0.6) is 0 Å². The Bertz CT molecular complexity index is 506. The third kappa shape index (κ3) is 1.65. The van der Waals surface area contributed by atoms with Gasteiger partial charge >= 0.3 is 0 Å². The van der Waals surface area contributed by atoms with Gasteiger partial charge in [0.15, 0.2) is 17.0 Å². The Balaban J connectivity index is 2.65. The molecule has 0 bridgehead atoms. The first-order chi connectivity index (χ1) is 7.63. The van der Waals surface area contributed by atoms with E-state index in [1.54, 1.807) is 6.33 Å². The van der Waals surface area contributed by atoms with Crippen molar-refractivity contribution in [2.75, 3.05) is 31.6 Å². The van der Waals surface area contributed by atoms with Crippen LogP contribution in [0.15, 0.2) is 6.33 Å². The standard InChI is InChI=1S/C9H14N6O/c1-14(2)9-11-7(13-16-4)6-8(12-9)15(3)5-10-6/h5H,1-4H3,(H,11,12,13). The Morgan fingerprint density at radius 2 is 2.12 bits per heavy atom. The number of hydrogen-bond acceptors (Lipinski definition) is 6. The van der Waals surface area contributed by atoms with E-state index in [9.17, 15) is 0 Å². The molecule has 0 unspecified atom stereocenters. The van der Waals surface area contributed by atoms with Gasteiger partial charge in [-0.3, -0.25) is 4.84 Å². The minimum Gasteiger partial charge on any atom is -0.347 e. The highest BCUT2D eigenvalue weighted by molar-refractivity contribution is 5.83. The first-order valence-corrected chi connectivity index (χ1v) is 4.79. The first kappa shape index (κ1) is 10.6. The van der Waals surface area contributed by atoms with Gasteiger partial charge in [-0.2, -0.15) is 9.97 Å². The van der Waals surface area contributed by atoms with Gasteiger partial charge in [-0.05, 0) is 0 Å². The smallest absolute Gasteiger partial charge is 0.228 e. The lowest BCUT2D eigenvalue weighted by Crippen LogP contribution is -2.14. The summed E-state index contributed by atoms with van der Waals surface area (Å²) in [5, 5.41) is 0. The van der Waals surface area contributed by atoms with Gasteiger partial charge in [0.25, 0.3) is 0 Å². The van der Waals surface area contributed by atoms with E-state index in [-0.39, 0.29) is 0 Å². The van der Waals surface area contributed by atoms with Gasteiger partial charge in [-0.15, -0.1) is 0 Å². The van der Waals surface area contributed by atoms with Gasteiger partial charge < -0.3 is 9.47 Å². The van der Waals surface area contributed by atoms with Crippen molar-refractivity contribution in [3.05, 3.63) is 6.33 Å². The van der Waals surface area contributed by atoms with Crippen molar-refractivity contribution in [3.63, 3.8) is 0 Å². The third-order valence-electron chi connectivity index (χ3n) is 2.15. The number of nitrogens with one attached hydrogen (secondary N) is 1. The maximum atomic E-state index is 4.87. The Labute approximate surface area is 93.0 Å². The quantitative estimate of drug-likeness (QED) is 0.758. The second kappa shape index (κ2) is 3.93. The van der Waals surface area contributed by atoms with Gasteiger partial charge in [0.05, 0.1) is 13.4 Å². The molecule has 0 fully saturated rings. The van der Waals surface area contributed by atoms with Gasteiger partial charge in [-0.25, -0.2) is 10.5 Å². The molecule has 0 saturated carbocycles. The minimum atomic E-state index is 0.566. The molecule has 0 radical (unpaired) electrons. The van der Waals surface area contributed by atoms with Crippen LogP contribution < -0.4 is 10.4 Å². The average Bonchev–Trinajstić information content (AvgIpc) is 2.61. The highest BCUT2D eigenvalue weighted by atomic mass is 16.6. The van der Waals surface area contributed by atoms with Crippen LogP contribution in [0.1, 0.15) is 0 Å². The van der Waals surface area contributed by atoms with E-state index in [2.05, 4.69) is 20.4 Å². The summed E-state index contributed by atoms with van der Waals surface area (Å²) >= 11 is 0. The number of fused-ring (bicyclic) bond motifs is 1. The van der Waals surface area contributed by atoms with Gasteiger partial charge in [0.1, 0.15) is 0 Å². The summed E-state index contributed by atoms with van der Waals surface area (Å²) in [6, 6.07) is 0. The molecule has 0 aliphatic carbocycles. The zero-order chi connectivity index (χ0) is 11.7. The first-order valence-electron chi connectivity index (χ1n) is 4.79. The normalized spacial score (nSPS) is 10.8. The van der Waals surface area contributed by atoms with Crippen molar-refractivity contribution in [1.29, 1.82) is 0 Å². The summed E-state index contributed by atoms with van der Waals surface area (Å²) < 4.78 is 1.84. The second-order valence-corrected chi connectivity index (χ2v) is 3.60. The van der Waals surface area contributed by atoms with Gasteiger partial charge in [-0.1, -0.05) is 0 Å².